The van der Waals surface area contributed by atoms with Crippen LogP contribution in [0, 0.1) is 11.8 Å². The normalized spacial score (nSPS) is 28.8. The van der Waals surface area contributed by atoms with Crippen LogP contribution in [0.2, 0.25) is 0 Å². The fraction of sp³-hybridized carbons (Fsp3) is 0.562. The van der Waals surface area contributed by atoms with Gasteiger partial charge >= 0.3 is 5.97 Å². The van der Waals surface area contributed by atoms with Gasteiger partial charge in [0, 0.05) is 18.9 Å². The summed E-state index contributed by atoms with van der Waals surface area (Å²) >= 11 is 0. The van der Waals surface area contributed by atoms with Crippen molar-refractivity contribution in [3.63, 3.8) is 0 Å². The van der Waals surface area contributed by atoms with Crippen LogP contribution in [0.4, 0.5) is 0 Å². The first-order valence-corrected chi connectivity index (χ1v) is 7.61. The Kier molecular flexibility index (Phi) is 3.90. The molecule has 2 heterocycles. The molecule has 1 aromatic rings. The van der Waals surface area contributed by atoms with Gasteiger partial charge in [-0.05, 0) is 43.4 Å². The first-order valence-electron chi connectivity index (χ1n) is 7.61. The molecule has 5 nitrogen and oxygen atoms in total. The number of hydrogen-bond donors (Lipinski definition) is 1. The van der Waals surface area contributed by atoms with E-state index >= 15 is 0 Å². The molecule has 1 saturated carbocycles. The predicted octanol–water partition coefficient (Wildman–Crippen LogP) is 2.25. The summed E-state index contributed by atoms with van der Waals surface area (Å²) in [6.07, 6.45) is 7.57. The molecule has 0 radical (unpaired) electrons. The number of carboxylic acids is 1. The molecule has 2 aliphatic rings. The van der Waals surface area contributed by atoms with Gasteiger partial charge in [-0.15, -0.1) is 0 Å². The molecule has 3 rings (SSSR count). The summed E-state index contributed by atoms with van der Waals surface area (Å²) < 4.78 is 0. The zero-order valence-corrected chi connectivity index (χ0v) is 11.9. The maximum absolute atomic E-state index is 12.8. The van der Waals surface area contributed by atoms with E-state index in [2.05, 4.69) is 4.98 Å². The number of amides is 1. The van der Waals surface area contributed by atoms with Gasteiger partial charge in [0.05, 0.1) is 17.9 Å². The van der Waals surface area contributed by atoms with Crippen molar-refractivity contribution >= 4 is 11.9 Å². The lowest BCUT2D eigenvalue weighted by Crippen LogP contribution is -2.38. The van der Waals surface area contributed by atoms with Crippen molar-refractivity contribution in [2.75, 3.05) is 6.54 Å². The number of likely N-dealkylation sites (tertiary alicyclic amines) is 1. The Morgan fingerprint density at radius 1 is 1.10 bits per heavy atom. The minimum absolute atomic E-state index is 0.0270. The number of hydrogen-bond acceptors (Lipinski definition) is 3. The van der Waals surface area contributed by atoms with Gasteiger partial charge in [-0.25, -0.2) is 0 Å². The molecular formula is C16H20N2O3. The third-order valence-corrected chi connectivity index (χ3v) is 4.78. The largest absolute Gasteiger partial charge is 0.481 e. The van der Waals surface area contributed by atoms with Gasteiger partial charge in [-0.2, -0.15) is 0 Å². The monoisotopic (exact) mass is 288 g/mol. The lowest BCUT2D eigenvalue weighted by atomic mass is 9.94. The number of aromatic nitrogens is 1. The van der Waals surface area contributed by atoms with Crippen LogP contribution in [-0.2, 0) is 9.59 Å². The van der Waals surface area contributed by atoms with Gasteiger partial charge in [0.1, 0.15) is 0 Å². The number of pyridine rings is 1. The second-order valence-corrected chi connectivity index (χ2v) is 5.95. The van der Waals surface area contributed by atoms with Gasteiger partial charge in [0.25, 0.3) is 0 Å². The quantitative estimate of drug-likeness (QED) is 0.926. The second-order valence-electron chi connectivity index (χ2n) is 5.95. The lowest BCUT2D eigenvalue weighted by Gasteiger charge is -2.29. The maximum atomic E-state index is 12.8. The van der Waals surface area contributed by atoms with E-state index in [4.69, 9.17) is 0 Å². The van der Waals surface area contributed by atoms with E-state index in [-0.39, 0.29) is 17.9 Å². The molecule has 21 heavy (non-hydrogen) atoms. The molecule has 0 aromatic carbocycles. The topological polar surface area (TPSA) is 70.5 Å². The lowest BCUT2D eigenvalue weighted by molar-refractivity contribution is -0.149. The van der Waals surface area contributed by atoms with Crippen LogP contribution >= 0.6 is 0 Å². The zero-order valence-electron chi connectivity index (χ0n) is 11.9. The molecule has 1 aromatic heterocycles. The molecule has 1 aliphatic heterocycles. The van der Waals surface area contributed by atoms with Crippen molar-refractivity contribution in [3.05, 3.63) is 30.1 Å². The molecular weight excluding hydrogens is 268 g/mol. The third kappa shape index (κ3) is 2.64. The highest BCUT2D eigenvalue weighted by Gasteiger charge is 2.42. The van der Waals surface area contributed by atoms with Crippen LogP contribution in [0.5, 0.6) is 0 Å². The van der Waals surface area contributed by atoms with Crippen molar-refractivity contribution in [2.45, 2.75) is 38.1 Å². The molecule has 3 atom stereocenters. The van der Waals surface area contributed by atoms with Gasteiger partial charge in [0.15, 0.2) is 0 Å². The molecule has 5 heteroatoms. The highest BCUT2D eigenvalue weighted by atomic mass is 16.4. The van der Waals surface area contributed by atoms with E-state index in [0.29, 0.717) is 12.8 Å². The Balaban J connectivity index is 1.79. The molecule has 2 fully saturated rings. The van der Waals surface area contributed by atoms with Crippen molar-refractivity contribution in [2.24, 2.45) is 11.8 Å². The molecule has 1 saturated heterocycles. The zero-order chi connectivity index (χ0) is 14.8. The van der Waals surface area contributed by atoms with Crippen molar-refractivity contribution < 1.29 is 14.7 Å². The van der Waals surface area contributed by atoms with Gasteiger partial charge < -0.3 is 10.0 Å². The Labute approximate surface area is 124 Å². The summed E-state index contributed by atoms with van der Waals surface area (Å²) in [6, 6.07) is 3.97. The van der Waals surface area contributed by atoms with Crippen LogP contribution in [0.25, 0.3) is 0 Å². The van der Waals surface area contributed by atoms with Crippen LogP contribution < -0.4 is 0 Å². The average Bonchev–Trinajstić information content (AvgIpc) is 3.16. The predicted molar refractivity (Wildman–Crippen MR) is 76.4 cm³/mol. The van der Waals surface area contributed by atoms with E-state index in [9.17, 15) is 14.7 Å². The summed E-state index contributed by atoms with van der Waals surface area (Å²) in [5.41, 5.74) is 1.10. The molecule has 0 bridgehead atoms. The van der Waals surface area contributed by atoms with Crippen molar-refractivity contribution in [1.82, 2.24) is 9.88 Å². The van der Waals surface area contributed by atoms with E-state index in [0.717, 1.165) is 31.4 Å². The minimum atomic E-state index is -0.828. The van der Waals surface area contributed by atoms with E-state index in [1.54, 1.807) is 12.4 Å². The van der Waals surface area contributed by atoms with Gasteiger partial charge in [0.2, 0.25) is 5.91 Å². The summed E-state index contributed by atoms with van der Waals surface area (Å²) in [4.78, 5) is 30.0. The number of rotatable bonds is 3. The molecule has 1 amide bonds. The van der Waals surface area contributed by atoms with E-state index < -0.39 is 11.9 Å². The highest BCUT2D eigenvalue weighted by Crippen LogP contribution is 2.38. The number of carbonyl (C=O) groups is 2. The molecule has 3 unspecified atom stereocenters. The number of aliphatic carboxylic acids is 1. The fourth-order valence-electron chi connectivity index (χ4n) is 3.73. The maximum Gasteiger partial charge on any atom is 0.307 e. The van der Waals surface area contributed by atoms with Gasteiger partial charge in [-0.3, -0.25) is 14.6 Å². The Bertz CT molecular complexity index is 532. The van der Waals surface area contributed by atoms with Crippen LogP contribution in [0.15, 0.2) is 24.5 Å². The molecule has 0 spiro atoms. The number of nitrogens with zero attached hydrogens (tertiary/aromatic N) is 2. The van der Waals surface area contributed by atoms with Crippen LogP contribution in [-0.4, -0.2) is 33.4 Å². The van der Waals surface area contributed by atoms with Crippen LogP contribution in [0.3, 0.4) is 0 Å². The SMILES string of the molecule is O=C(O)C1CCCC1C(=O)N1CCCC1c1ccncc1. The third-order valence-electron chi connectivity index (χ3n) is 4.78. The summed E-state index contributed by atoms with van der Waals surface area (Å²) in [5, 5.41) is 9.28. The standard InChI is InChI=1S/C16H20N2O3/c19-15(12-3-1-4-13(12)16(20)21)18-10-2-5-14(18)11-6-8-17-9-7-11/h6-9,12-14H,1-5,10H2,(H,20,21). The minimum Gasteiger partial charge on any atom is -0.481 e. The average molecular weight is 288 g/mol. The second kappa shape index (κ2) is 5.84. The summed E-state index contributed by atoms with van der Waals surface area (Å²) in [6.45, 7) is 0.731. The van der Waals surface area contributed by atoms with Crippen LogP contribution in [0.1, 0.15) is 43.7 Å². The first-order chi connectivity index (χ1) is 10.2. The molecule has 112 valence electrons. The number of carbonyl (C=O) groups excluding carboxylic acids is 1. The molecule has 1 N–H and O–H groups in total. The summed E-state index contributed by atoms with van der Waals surface area (Å²) in [7, 11) is 0. The highest BCUT2D eigenvalue weighted by molar-refractivity contribution is 5.85. The van der Waals surface area contributed by atoms with Crippen molar-refractivity contribution in [1.29, 1.82) is 0 Å². The smallest absolute Gasteiger partial charge is 0.307 e. The first kappa shape index (κ1) is 14.0. The Morgan fingerprint density at radius 2 is 1.81 bits per heavy atom. The van der Waals surface area contributed by atoms with E-state index in [1.807, 2.05) is 17.0 Å². The Hall–Kier alpha value is -1.91. The molecule has 1 aliphatic carbocycles. The van der Waals surface area contributed by atoms with Crippen molar-refractivity contribution in [3.8, 4) is 0 Å². The number of carboxylic acid groups (broad SMARTS) is 1. The summed E-state index contributed by atoms with van der Waals surface area (Å²) in [5.74, 6) is -1.65. The fourth-order valence-corrected chi connectivity index (χ4v) is 3.73. The van der Waals surface area contributed by atoms with E-state index in [1.165, 1.54) is 0 Å². The van der Waals surface area contributed by atoms with Gasteiger partial charge in [-0.1, -0.05) is 6.42 Å². The Morgan fingerprint density at radius 3 is 2.52 bits per heavy atom.